The van der Waals surface area contributed by atoms with Crippen molar-refractivity contribution >= 4 is 27.5 Å². The van der Waals surface area contributed by atoms with E-state index in [1.807, 2.05) is 6.07 Å². The van der Waals surface area contributed by atoms with Crippen LogP contribution in [0.5, 0.6) is 0 Å². The molecule has 0 heterocycles. The highest BCUT2D eigenvalue weighted by atomic mass is 79.9. The fourth-order valence-electron chi connectivity index (χ4n) is 1.66. The predicted octanol–water partition coefficient (Wildman–Crippen LogP) is 4.83. The monoisotopic (exact) mass is 292 g/mol. The molecule has 0 aromatic heterocycles. The van der Waals surface area contributed by atoms with Gasteiger partial charge in [0.25, 0.3) is 0 Å². The van der Waals surface area contributed by atoms with Gasteiger partial charge in [0.05, 0.1) is 5.02 Å². The summed E-state index contributed by atoms with van der Waals surface area (Å²) >= 11 is 9.19. The van der Waals surface area contributed by atoms with Crippen molar-refractivity contribution in [2.45, 2.75) is 26.2 Å². The van der Waals surface area contributed by atoms with Crippen LogP contribution in [-0.2, 0) is 6.42 Å². The van der Waals surface area contributed by atoms with E-state index in [0.717, 1.165) is 30.2 Å². The quantitative estimate of drug-likeness (QED) is 0.682. The molecule has 84 valence electrons. The minimum Gasteiger partial charge on any atom is -0.205 e. The van der Waals surface area contributed by atoms with Crippen LogP contribution in [0.2, 0.25) is 5.02 Å². The zero-order valence-corrected chi connectivity index (χ0v) is 11.1. The number of rotatable bonds is 5. The fourth-order valence-corrected chi connectivity index (χ4v) is 2.41. The van der Waals surface area contributed by atoms with E-state index in [4.69, 9.17) is 11.6 Å². The van der Waals surface area contributed by atoms with Gasteiger partial charge in [-0.3, -0.25) is 0 Å². The molecule has 1 rings (SSSR count). The molecule has 0 saturated carbocycles. The summed E-state index contributed by atoms with van der Waals surface area (Å²) in [4.78, 5) is 0. The number of alkyl halides is 1. The lowest BCUT2D eigenvalue weighted by atomic mass is 9.97. The second kappa shape index (κ2) is 6.49. The third kappa shape index (κ3) is 3.76. The van der Waals surface area contributed by atoms with Crippen LogP contribution >= 0.6 is 27.5 Å². The van der Waals surface area contributed by atoms with Crippen molar-refractivity contribution < 1.29 is 4.39 Å². The molecule has 0 bridgehead atoms. The van der Waals surface area contributed by atoms with Gasteiger partial charge in [-0.2, -0.15) is 0 Å². The highest BCUT2D eigenvalue weighted by Gasteiger charge is 2.12. The van der Waals surface area contributed by atoms with E-state index in [-0.39, 0.29) is 10.8 Å². The Morgan fingerprint density at radius 1 is 1.47 bits per heavy atom. The number of hydrogen-bond acceptors (Lipinski definition) is 0. The van der Waals surface area contributed by atoms with Crippen LogP contribution in [0.25, 0.3) is 0 Å². The summed E-state index contributed by atoms with van der Waals surface area (Å²) in [5.74, 6) is 0.226. The van der Waals surface area contributed by atoms with E-state index in [1.165, 1.54) is 0 Å². The van der Waals surface area contributed by atoms with Gasteiger partial charge in [0.15, 0.2) is 0 Å². The SMILES string of the molecule is CCCC(CBr)Cc1cccc(Cl)c1F. The van der Waals surface area contributed by atoms with E-state index in [0.29, 0.717) is 5.92 Å². The van der Waals surface area contributed by atoms with E-state index in [2.05, 4.69) is 22.9 Å². The molecule has 0 amide bonds. The van der Waals surface area contributed by atoms with Crippen molar-refractivity contribution in [2.24, 2.45) is 5.92 Å². The maximum absolute atomic E-state index is 13.6. The molecule has 15 heavy (non-hydrogen) atoms. The summed E-state index contributed by atoms with van der Waals surface area (Å²) in [6.45, 7) is 2.14. The second-order valence-corrected chi connectivity index (χ2v) is 4.78. The Morgan fingerprint density at radius 3 is 2.80 bits per heavy atom. The first-order valence-corrected chi connectivity index (χ1v) is 6.67. The Balaban J connectivity index is 2.74. The molecule has 0 aliphatic rings. The highest BCUT2D eigenvalue weighted by Crippen LogP contribution is 2.23. The van der Waals surface area contributed by atoms with Crippen LogP contribution in [0.3, 0.4) is 0 Å². The van der Waals surface area contributed by atoms with Gasteiger partial charge in [0, 0.05) is 5.33 Å². The van der Waals surface area contributed by atoms with Crippen molar-refractivity contribution in [2.75, 3.05) is 5.33 Å². The van der Waals surface area contributed by atoms with Crippen LogP contribution in [0.1, 0.15) is 25.3 Å². The fraction of sp³-hybridized carbons (Fsp3) is 0.500. The molecule has 1 aromatic carbocycles. The Bertz CT molecular complexity index is 314. The van der Waals surface area contributed by atoms with Crippen LogP contribution < -0.4 is 0 Å². The molecule has 3 heteroatoms. The van der Waals surface area contributed by atoms with E-state index < -0.39 is 0 Å². The van der Waals surface area contributed by atoms with Gasteiger partial charge in [0.2, 0.25) is 0 Å². The molecule has 0 N–H and O–H groups in total. The normalized spacial score (nSPS) is 12.8. The van der Waals surface area contributed by atoms with E-state index in [1.54, 1.807) is 12.1 Å². The highest BCUT2D eigenvalue weighted by molar-refractivity contribution is 9.09. The summed E-state index contributed by atoms with van der Waals surface area (Å²) in [5, 5.41) is 1.13. The molecule has 1 atom stereocenters. The first-order chi connectivity index (χ1) is 7.19. The number of hydrogen-bond donors (Lipinski definition) is 0. The molecule has 0 spiro atoms. The summed E-state index contributed by atoms with van der Waals surface area (Å²) in [7, 11) is 0. The van der Waals surface area contributed by atoms with Crippen LogP contribution in [0.15, 0.2) is 18.2 Å². The smallest absolute Gasteiger partial charge is 0.144 e. The van der Waals surface area contributed by atoms with Crippen molar-refractivity contribution in [1.82, 2.24) is 0 Å². The molecule has 0 aliphatic heterocycles. The van der Waals surface area contributed by atoms with Crippen LogP contribution in [0.4, 0.5) is 4.39 Å². The molecule has 0 nitrogen and oxygen atoms in total. The molecular weight excluding hydrogens is 278 g/mol. The lowest BCUT2D eigenvalue weighted by Crippen LogP contribution is -2.07. The Labute approximate surface area is 104 Å². The third-order valence-electron chi connectivity index (χ3n) is 2.46. The Morgan fingerprint density at radius 2 is 2.20 bits per heavy atom. The van der Waals surface area contributed by atoms with Gasteiger partial charge < -0.3 is 0 Å². The number of halogens is 3. The van der Waals surface area contributed by atoms with Gasteiger partial charge in [-0.25, -0.2) is 4.39 Å². The average molecular weight is 294 g/mol. The van der Waals surface area contributed by atoms with Gasteiger partial charge in [-0.15, -0.1) is 0 Å². The molecule has 1 unspecified atom stereocenters. The Kier molecular flexibility index (Phi) is 5.62. The lowest BCUT2D eigenvalue weighted by molar-refractivity contribution is 0.514. The average Bonchev–Trinajstić information content (AvgIpc) is 2.24. The number of benzene rings is 1. The predicted molar refractivity (Wildman–Crippen MR) is 67.3 cm³/mol. The topological polar surface area (TPSA) is 0 Å². The largest absolute Gasteiger partial charge is 0.205 e. The van der Waals surface area contributed by atoms with Crippen LogP contribution in [0, 0.1) is 11.7 Å². The van der Waals surface area contributed by atoms with Crippen molar-refractivity contribution in [3.8, 4) is 0 Å². The first-order valence-electron chi connectivity index (χ1n) is 5.17. The first kappa shape index (κ1) is 13.0. The van der Waals surface area contributed by atoms with Gasteiger partial charge >= 0.3 is 0 Å². The van der Waals surface area contributed by atoms with Gasteiger partial charge in [0.1, 0.15) is 5.82 Å². The summed E-state index contributed by atoms with van der Waals surface area (Å²) in [6.07, 6.45) is 2.99. The minimum atomic E-state index is -0.263. The van der Waals surface area contributed by atoms with Crippen LogP contribution in [-0.4, -0.2) is 5.33 Å². The lowest BCUT2D eigenvalue weighted by Gasteiger charge is -2.13. The van der Waals surface area contributed by atoms with Crippen molar-refractivity contribution in [3.05, 3.63) is 34.6 Å². The van der Waals surface area contributed by atoms with Crippen molar-refractivity contribution in [3.63, 3.8) is 0 Å². The zero-order chi connectivity index (χ0) is 11.3. The third-order valence-corrected chi connectivity index (χ3v) is 3.66. The molecule has 0 aliphatic carbocycles. The van der Waals surface area contributed by atoms with Gasteiger partial charge in [-0.1, -0.05) is 53.0 Å². The molecule has 1 aromatic rings. The minimum absolute atomic E-state index is 0.220. The molecular formula is C12H15BrClF. The zero-order valence-electron chi connectivity index (χ0n) is 8.77. The summed E-state index contributed by atoms with van der Waals surface area (Å²) in [6, 6.07) is 5.20. The van der Waals surface area contributed by atoms with Gasteiger partial charge in [-0.05, 0) is 30.4 Å². The summed E-state index contributed by atoms with van der Waals surface area (Å²) in [5.41, 5.74) is 0.723. The maximum atomic E-state index is 13.6. The standard InChI is InChI=1S/C12H15BrClF/c1-2-4-9(8-13)7-10-5-3-6-11(14)12(10)15/h3,5-6,9H,2,4,7-8H2,1H3. The molecule has 0 saturated heterocycles. The van der Waals surface area contributed by atoms with E-state index >= 15 is 0 Å². The molecule has 0 radical (unpaired) electrons. The second-order valence-electron chi connectivity index (χ2n) is 3.73. The van der Waals surface area contributed by atoms with E-state index in [9.17, 15) is 4.39 Å². The maximum Gasteiger partial charge on any atom is 0.144 e. The summed E-state index contributed by atoms with van der Waals surface area (Å²) < 4.78 is 13.6. The Hall–Kier alpha value is -0.0800. The molecule has 0 fully saturated rings. The van der Waals surface area contributed by atoms with Crippen molar-refractivity contribution in [1.29, 1.82) is 0 Å².